The lowest BCUT2D eigenvalue weighted by Gasteiger charge is -2.21. The van der Waals surface area contributed by atoms with Crippen molar-refractivity contribution in [2.45, 2.75) is 50.4 Å². The smallest absolute Gasteiger partial charge is 0.328 e. The fraction of sp³-hybridized carbons (Fsp3) is 0.733. The number of unbranched alkanes of at least 4 members (excludes halogenated alkanes) is 1. The van der Waals surface area contributed by atoms with Crippen LogP contribution in [0.1, 0.15) is 26.2 Å². The molecule has 0 heterocycles. The fourth-order valence-corrected chi connectivity index (χ4v) is 2.03. The third-order valence-electron chi connectivity index (χ3n) is 3.60. The highest BCUT2D eigenvalue weighted by Gasteiger charge is 2.26. The Morgan fingerprint density at radius 3 is 2.19 bits per heavy atom. The molecule has 12 heteroatoms. The molecule has 156 valence electrons. The Morgan fingerprint density at radius 1 is 1.07 bits per heavy atom. The van der Waals surface area contributed by atoms with E-state index in [1.807, 2.05) is 0 Å². The predicted octanol–water partition coefficient (Wildman–Crippen LogP) is -4.01. The lowest BCUT2D eigenvalue weighted by Crippen LogP contribution is -2.55. The number of aliphatic carboxylic acids is 1. The van der Waals surface area contributed by atoms with Crippen molar-refractivity contribution >= 4 is 23.7 Å². The minimum absolute atomic E-state index is 0.236. The number of hydrogen-bond donors (Lipinski definition) is 8. The van der Waals surface area contributed by atoms with Crippen LogP contribution in [0.2, 0.25) is 0 Å². The summed E-state index contributed by atoms with van der Waals surface area (Å²) in [6.45, 7) is 0.452. The second kappa shape index (κ2) is 13.0. The van der Waals surface area contributed by atoms with Gasteiger partial charge in [-0.2, -0.15) is 0 Å². The van der Waals surface area contributed by atoms with Crippen molar-refractivity contribution < 1.29 is 34.5 Å². The van der Waals surface area contributed by atoms with Crippen LogP contribution in [-0.4, -0.2) is 82.9 Å². The van der Waals surface area contributed by atoms with E-state index in [0.29, 0.717) is 19.4 Å². The maximum absolute atomic E-state index is 12.2. The zero-order valence-corrected chi connectivity index (χ0v) is 15.2. The van der Waals surface area contributed by atoms with Crippen LogP contribution in [0.4, 0.5) is 0 Å². The highest BCUT2D eigenvalue weighted by atomic mass is 16.4. The van der Waals surface area contributed by atoms with Crippen molar-refractivity contribution in [2.24, 2.45) is 11.5 Å². The van der Waals surface area contributed by atoms with Gasteiger partial charge in [0.15, 0.2) is 6.04 Å². The SMILES string of the molecule is CC(O)C(NC(=O)CNC(=O)C(CCCCN)NC(=O)C(N)CO)C(=O)O. The summed E-state index contributed by atoms with van der Waals surface area (Å²) < 4.78 is 0. The molecule has 0 aromatic heterocycles. The molecule has 10 N–H and O–H groups in total. The quantitative estimate of drug-likeness (QED) is 0.143. The van der Waals surface area contributed by atoms with Gasteiger partial charge in [0.1, 0.15) is 12.1 Å². The molecular weight excluding hydrogens is 362 g/mol. The molecule has 0 spiro atoms. The van der Waals surface area contributed by atoms with Gasteiger partial charge in [0.25, 0.3) is 0 Å². The lowest BCUT2D eigenvalue weighted by atomic mass is 10.1. The van der Waals surface area contributed by atoms with Gasteiger partial charge in [-0.15, -0.1) is 0 Å². The molecule has 0 aliphatic rings. The van der Waals surface area contributed by atoms with E-state index in [4.69, 9.17) is 21.7 Å². The van der Waals surface area contributed by atoms with Crippen LogP contribution in [0.25, 0.3) is 0 Å². The molecule has 0 rings (SSSR count). The van der Waals surface area contributed by atoms with E-state index in [-0.39, 0.29) is 6.42 Å². The van der Waals surface area contributed by atoms with Crippen LogP contribution >= 0.6 is 0 Å². The summed E-state index contributed by atoms with van der Waals surface area (Å²) in [5.41, 5.74) is 10.8. The number of nitrogens with one attached hydrogen (secondary N) is 3. The Hall–Kier alpha value is -2.28. The minimum Gasteiger partial charge on any atom is -0.480 e. The molecule has 0 saturated heterocycles. The normalized spacial score (nSPS) is 15.1. The Morgan fingerprint density at radius 2 is 1.70 bits per heavy atom. The monoisotopic (exact) mass is 391 g/mol. The average molecular weight is 391 g/mol. The second-order valence-electron chi connectivity index (χ2n) is 5.98. The summed E-state index contributed by atoms with van der Waals surface area (Å²) in [7, 11) is 0. The average Bonchev–Trinajstić information content (AvgIpc) is 2.61. The van der Waals surface area contributed by atoms with E-state index in [9.17, 15) is 24.3 Å². The molecule has 0 radical (unpaired) electrons. The van der Waals surface area contributed by atoms with Gasteiger partial charge in [0.05, 0.1) is 19.3 Å². The van der Waals surface area contributed by atoms with E-state index in [0.717, 1.165) is 0 Å². The third-order valence-corrected chi connectivity index (χ3v) is 3.60. The molecule has 4 unspecified atom stereocenters. The maximum atomic E-state index is 12.2. The zero-order chi connectivity index (χ0) is 21.0. The first-order chi connectivity index (χ1) is 12.6. The van der Waals surface area contributed by atoms with Crippen molar-refractivity contribution in [1.29, 1.82) is 0 Å². The maximum Gasteiger partial charge on any atom is 0.328 e. The number of amides is 3. The molecule has 0 saturated carbocycles. The Bertz CT molecular complexity index is 515. The van der Waals surface area contributed by atoms with Crippen molar-refractivity contribution in [1.82, 2.24) is 16.0 Å². The summed E-state index contributed by atoms with van der Waals surface area (Å²) in [5, 5.41) is 33.9. The van der Waals surface area contributed by atoms with Crippen molar-refractivity contribution in [2.75, 3.05) is 19.7 Å². The van der Waals surface area contributed by atoms with Gasteiger partial charge < -0.3 is 42.7 Å². The third kappa shape index (κ3) is 9.84. The Balaban J connectivity index is 4.74. The topological polar surface area (TPSA) is 217 Å². The standard InChI is InChI=1S/C15H29N5O7/c1-8(22)12(15(26)27)20-11(23)6-18-14(25)10(4-2-3-5-16)19-13(24)9(17)7-21/h8-10,12,21-22H,2-7,16-17H2,1H3,(H,18,25)(H,19,24)(H,20,23)(H,26,27). The van der Waals surface area contributed by atoms with Crippen LogP contribution in [-0.2, 0) is 19.2 Å². The van der Waals surface area contributed by atoms with Gasteiger partial charge in [0, 0.05) is 0 Å². The van der Waals surface area contributed by atoms with Crippen molar-refractivity contribution in [3.05, 3.63) is 0 Å². The number of hydrogen-bond acceptors (Lipinski definition) is 8. The largest absolute Gasteiger partial charge is 0.480 e. The number of nitrogens with two attached hydrogens (primary N) is 2. The van der Waals surface area contributed by atoms with Gasteiger partial charge in [-0.3, -0.25) is 14.4 Å². The number of aliphatic hydroxyl groups excluding tert-OH is 2. The molecule has 0 aliphatic carbocycles. The summed E-state index contributed by atoms with van der Waals surface area (Å²) >= 11 is 0. The van der Waals surface area contributed by atoms with Gasteiger partial charge >= 0.3 is 5.97 Å². The predicted molar refractivity (Wildman–Crippen MR) is 94.2 cm³/mol. The number of carboxylic acids is 1. The molecule has 0 fully saturated rings. The van der Waals surface area contributed by atoms with Crippen LogP contribution in [0.15, 0.2) is 0 Å². The first-order valence-corrected chi connectivity index (χ1v) is 8.48. The summed E-state index contributed by atoms with van der Waals surface area (Å²) in [4.78, 5) is 46.7. The Kier molecular flexibility index (Phi) is 11.9. The highest BCUT2D eigenvalue weighted by Crippen LogP contribution is 2.01. The number of aliphatic hydroxyl groups is 2. The van der Waals surface area contributed by atoms with E-state index in [1.54, 1.807) is 0 Å². The lowest BCUT2D eigenvalue weighted by molar-refractivity contribution is -0.144. The Labute approximate surface area is 156 Å². The van der Waals surface area contributed by atoms with E-state index in [2.05, 4.69) is 16.0 Å². The van der Waals surface area contributed by atoms with Crippen LogP contribution in [0.3, 0.4) is 0 Å². The highest BCUT2D eigenvalue weighted by molar-refractivity contribution is 5.92. The van der Waals surface area contributed by atoms with Crippen LogP contribution < -0.4 is 27.4 Å². The molecule has 0 bridgehead atoms. The minimum atomic E-state index is -1.52. The molecular formula is C15H29N5O7. The number of carbonyl (C=O) groups is 4. The molecule has 12 nitrogen and oxygen atoms in total. The van der Waals surface area contributed by atoms with E-state index in [1.165, 1.54) is 6.92 Å². The number of carbonyl (C=O) groups excluding carboxylic acids is 3. The van der Waals surface area contributed by atoms with Crippen molar-refractivity contribution in [3.63, 3.8) is 0 Å². The van der Waals surface area contributed by atoms with Crippen molar-refractivity contribution in [3.8, 4) is 0 Å². The number of carboxylic acid groups (broad SMARTS) is 1. The molecule has 0 aliphatic heterocycles. The van der Waals surface area contributed by atoms with Crippen LogP contribution in [0.5, 0.6) is 0 Å². The van der Waals surface area contributed by atoms with Gasteiger partial charge in [-0.1, -0.05) is 0 Å². The number of rotatable bonds is 13. The second-order valence-corrected chi connectivity index (χ2v) is 5.98. The van der Waals surface area contributed by atoms with Crippen LogP contribution in [0, 0.1) is 0 Å². The summed E-state index contributed by atoms with van der Waals surface area (Å²) in [6.07, 6.45) is 0.0461. The van der Waals surface area contributed by atoms with Gasteiger partial charge in [-0.05, 0) is 32.7 Å². The molecule has 3 amide bonds. The summed E-state index contributed by atoms with van der Waals surface area (Å²) in [6, 6.07) is -3.71. The van der Waals surface area contributed by atoms with E-state index >= 15 is 0 Å². The molecule has 4 atom stereocenters. The van der Waals surface area contributed by atoms with Gasteiger partial charge in [0.2, 0.25) is 17.7 Å². The molecule has 0 aromatic carbocycles. The van der Waals surface area contributed by atoms with Gasteiger partial charge in [-0.25, -0.2) is 4.79 Å². The molecule has 0 aromatic rings. The fourth-order valence-electron chi connectivity index (χ4n) is 2.03. The first-order valence-electron chi connectivity index (χ1n) is 8.48. The first kappa shape index (κ1) is 24.7. The zero-order valence-electron chi connectivity index (χ0n) is 15.2. The van der Waals surface area contributed by atoms with E-state index < -0.39 is 61.1 Å². The summed E-state index contributed by atoms with van der Waals surface area (Å²) in [5.74, 6) is -3.65. The molecule has 27 heavy (non-hydrogen) atoms.